The smallest absolute Gasteiger partial charge is 0.225 e. The second-order valence-corrected chi connectivity index (χ2v) is 4.10. The maximum absolute atomic E-state index is 14.0. The molecule has 0 aliphatic rings. The molecule has 96 valence electrons. The van der Waals surface area contributed by atoms with E-state index >= 15 is 0 Å². The Kier molecular flexibility index (Phi) is 4.10. The normalized spacial score (nSPS) is 11.1. The molecule has 0 radical (unpaired) electrons. The van der Waals surface area contributed by atoms with E-state index in [0.717, 1.165) is 13.1 Å². The van der Waals surface area contributed by atoms with E-state index < -0.39 is 0 Å². The lowest BCUT2D eigenvalue weighted by molar-refractivity contribution is 0.291. The monoisotopic (exact) mass is 248 g/mol. The summed E-state index contributed by atoms with van der Waals surface area (Å²) in [5.41, 5.74) is 1.37. The fourth-order valence-electron chi connectivity index (χ4n) is 1.86. The number of hydrogen-bond donors (Lipinski definition) is 0. The van der Waals surface area contributed by atoms with E-state index in [1.807, 2.05) is 6.07 Å². The van der Waals surface area contributed by atoms with E-state index in [0.29, 0.717) is 23.6 Å². The van der Waals surface area contributed by atoms with Crippen LogP contribution in [-0.4, -0.2) is 23.0 Å². The topological polar surface area (TPSA) is 29.3 Å². The fourth-order valence-corrected chi connectivity index (χ4v) is 1.86. The molecule has 3 nitrogen and oxygen atoms in total. The molecule has 0 bridgehead atoms. The Hall–Kier alpha value is -1.68. The van der Waals surface area contributed by atoms with Gasteiger partial charge in [-0.15, -0.1) is 0 Å². The quantitative estimate of drug-likeness (QED) is 0.812. The van der Waals surface area contributed by atoms with Gasteiger partial charge in [-0.2, -0.15) is 0 Å². The van der Waals surface area contributed by atoms with Gasteiger partial charge in [-0.1, -0.05) is 19.9 Å². The molecule has 2 aromatic rings. The van der Waals surface area contributed by atoms with Crippen molar-refractivity contribution >= 4 is 0 Å². The Balaban J connectivity index is 2.20. The van der Waals surface area contributed by atoms with Crippen molar-refractivity contribution in [1.29, 1.82) is 0 Å². The van der Waals surface area contributed by atoms with E-state index in [9.17, 15) is 4.39 Å². The molecule has 0 amide bonds. The number of benzene rings is 1. The van der Waals surface area contributed by atoms with Gasteiger partial charge in [0.05, 0.1) is 6.20 Å². The summed E-state index contributed by atoms with van der Waals surface area (Å²) in [6.07, 6.45) is 3.04. The van der Waals surface area contributed by atoms with Crippen molar-refractivity contribution < 1.29 is 8.81 Å². The Morgan fingerprint density at radius 2 is 2.06 bits per heavy atom. The van der Waals surface area contributed by atoms with Gasteiger partial charge in [0.25, 0.3) is 0 Å². The number of halogens is 1. The molecule has 0 saturated heterocycles. The van der Waals surface area contributed by atoms with Crippen LogP contribution in [0, 0.1) is 5.82 Å². The zero-order valence-corrected chi connectivity index (χ0v) is 10.7. The highest BCUT2D eigenvalue weighted by Crippen LogP contribution is 2.21. The maximum atomic E-state index is 14.0. The molecule has 0 aliphatic heterocycles. The summed E-state index contributed by atoms with van der Waals surface area (Å²) in [6.45, 7) is 6.60. The number of aromatic nitrogens is 1. The van der Waals surface area contributed by atoms with Crippen molar-refractivity contribution in [3.05, 3.63) is 42.0 Å². The van der Waals surface area contributed by atoms with Gasteiger partial charge in [-0.25, -0.2) is 9.37 Å². The minimum atomic E-state index is -0.211. The third-order valence-corrected chi connectivity index (χ3v) is 3.02. The first-order valence-electron chi connectivity index (χ1n) is 6.15. The Morgan fingerprint density at radius 1 is 1.28 bits per heavy atom. The van der Waals surface area contributed by atoms with E-state index in [1.165, 1.54) is 12.3 Å². The minimum Gasteiger partial charge on any atom is -0.445 e. The van der Waals surface area contributed by atoms with Crippen LogP contribution in [0.1, 0.15) is 19.4 Å². The van der Waals surface area contributed by atoms with Gasteiger partial charge in [0.15, 0.2) is 0 Å². The lowest BCUT2D eigenvalue weighted by atomic mass is 10.1. The molecule has 0 N–H and O–H groups in total. The highest BCUT2D eigenvalue weighted by atomic mass is 19.1. The number of oxazole rings is 1. The zero-order chi connectivity index (χ0) is 13.0. The number of nitrogens with zero attached hydrogens (tertiary/aromatic N) is 2. The van der Waals surface area contributed by atoms with Crippen molar-refractivity contribution in [1.82, 2.24) is 9.88 Å². The summed E-state index contributed by atoms with van der Waals surface area (Å²) in [5, 5.41) is 0. The Labute approximate surface area is 106 Å². The molecule has 0 saturated carbocycles. The minimum absolute atomic E-state index is 0.211. The number of hydrogen-bond acceptors (Lipinski definition) is 3. The summed E-state index contributed by atoms with van der Waals surface area (Å²) < 4.78 is 19.1. The molecule has 1 aromatic carbocycles. The molecule has 0 spiro atoms. The van der Waals surface area contributed by atoms with Gasteiger partial charge >= 0.3 is 0 Å². The zero-order valence-electron chi connectivity index (χ0n) is 10.7. The van der Waals surface area contributed by atoms with Crippen molar-refractivity contribution in [3.8, 4) is 11.5 Å². The average Bonchev–Trinajstić information content (AvgIpc) is 2.91. The molecule has 4 heteroatoms. The summed E-state index contributed by atoms with van der Waals surface area (Å²) in [4.78, 5) is 6.18. The Bertz CT molecular complexity index is 493. The van der Waals surface area contributed by atoms with Crippen LogP contribution < -0.4 is 0 Å². The molecule has 18 heavy (non-hydrogen) atoms. The van der Waals surface area contributed by atoms with Crippen LogP contribution in [0.4, 0.5) is 4.39 Å². The fraction of sp³-hybridized carbons (Fsp3) is 0.357. The van der Waals surface area contributed by atoms with Gasteiger partial charge in [0, 0.05) is 17.7 Å². The lowest BCUT2D eigenvalue weighted by Crippen LogP contribution is -2.22. The Morgan fingerprint density at radius 3 is 2.61 bits per heavy atom. The summed E-state index contributed by atoms with van der Waals surface area (Å²) in [7, 11) is 0. The van der Waals surface area contributed by atoms with Crippen molar-refractivity contribution in [2.75, 3.05) is 13.1 Å². The second kappa shape index (κ2) is 5.78. The molecule has 0 atom stereocenters. The molecular weight excluding hydrogens is 231 g/mol. The average molecular weight is 248 g/mol. The molecule has 1 heterocycles. The van der Waals surface area contributed by atoms with Crippen molar-refractivity contribution in [2.45, 2.75) is 20.4 Å². The van der Waals surface area contributed by atoms with E-state index in [1.54, 1.807) is 12.3 Å². The van der Waals surface area contributed by atoms with Gasteiger partial charge < -0.3 is 4.42 Å². The first kappa shape index (κ1) is 12.8. The van der Waals surface area contributed by atoms with Gasteiger partial charge in [-0.3, -0.25) is 4.90 Å². The molecule has 2 rings (SSSR count). The predicted octanol–water partition coefficient (Wildman–Crippen LogP) is 3.32. The maximum Gasteiger partial charge on any atom is 0.225 e. The molecular formula is C14H17FN2O. The highest BCUT2D eigenvalue weighted by Gasteiger charge is 2.10. The third kappa shape index (κ3) is 2.76. The van der Waals surface area contributed by atoms with Crippen LogP contribution in [-0.2, 0) is 6.54 Å². The van der Waals surface area contributed by atoms with Crippen LogP contribution in [0.25, 0.3) is 11.5 Å². The second-order valence-electron chi connectivity index (χ2n) is 4.10. The summed E-state index contributed by atoms with van der Waals surface area (Å²) >= 11 is 0. The molecule has 0 unspecified atom stereocenters. The molecule has 1 aromatic heterocycles. The van der Waals surface area contributed by atoms with Gasteiger partial charge in [-0.05, 0) is 25.2 Å². The number of rotatable bonds is 5. The van der Waals surface area contributed by atoms with Crippen molar-refractivity contribution in [2.24, 2.45) is 0 Å². The summed E-state index contributed by atoms with van der Waals surface area (Å²) in [6, 6.07) is 5.12. The van der Waals surface area contributed by atoms with E-state index in [2.05, 4.69) is 23.7 Å². The van der Waals surface area contributed by atoms with Gasteiger partial charge in [0.1, 0.15) is 12.1 Å². The van der Waals surface area contributed by atoms with Gasteiger partial charge in [0.2, 0.25) is 5.89 Å². The predicted molar refractivity (Wildman–Crippen MR) is 68.5 cm³/mol. The standard InChI is InChI=1S/C14H17FN2O/c1-3-17(4-2)10-12-6-5-11(9-13(12)15)14-16-7-8-18-14/h5-9H,3-4,10H2,1-2H3. The van der Waals surface area contributed by atoms with Crippen LogP contribution >= 0.6 is 0 Å². The third-order valence-electron chi connectivity index (χ3n) is 3.02. The van der Waals surface area contributed by atoms with Crippen LogP contribution in [0.5, 0.6) is 0 Å². The van der Waals surface area contributed by atoms with E-state index in [4.69, 9.17) is 4.42 Å². The highest BCUT2D eigenvalue weighted by molar-refractivity contribution is 5.53. The van der Waals surface area contributed by atoms with Crippen LogP contribution in [0.15, 0.2) is 35.1 Å². The summed E-state index contributed by atoms with van der Waals surface area (Å²) in [5.74, 6) is 0.237. The SMILES string of the molecule is CCN(CC)Cc1ccc(-c2ncco2)cc1F. The van der Waals surface area contributed by atoms with Crippen LogP contribution in [0.3, 0.4) is 0 Å². The lowest BCUT2D eigenvalue weighted by Gasteiger charge is -2.18. The van der Waals surface area contributed by atoms with E-state index in [-0.39, 0.29) is 5.82 Å². The van der Waals surface area contributed by atoms with Crippen LogP contribution in [0.2, 0.25) is 0 Å². The largest absolute Gasteiger partial charge is 0.445 e. The molecule has 0 aliphatic carbocycles. The van der Waals surface area contributed by atoms with Crippen molar-refractivity contribution in [3.63, 3.8) is 0 Å². The first-order valence-corrected chi connectivity index (χ1v) is 6.15. The first-order chi connectivity index (χ1) is 8.74. The molecule has 0 fully saturated rings.